The summed E-state index contributed by atoms with van der Waals surface area (Å²) in [5, 5.41) is 10.0. The lowest BCUT2D eigenvalue weighted by Crippen LogP contribution is -2.44. The zero-order chi connectivity index (χ0) is 11.9. The molecule has 0 aliphatic heterocycles. The van der Waals surface area contributed by atoms with Crippen LogP contribution in [0.15, 0.2) is 0 Å². The molecule has 0 aromatic heterocycles. The van der Waals surface area contributed by atoms with Gasteiger partial charge in [0.25, 0.3) is 0 Å². The van der Waals surface area contributed by atoms with Crippen molar-refractivity contribution >= 4 is 11.7 Å². The number of carbonyl (C=O) groups excluding carboxylic acids is 1. The summed E-state index contributed by atoms with van der Waals surface area (Å²) in [5.41, 5.74) is 11.2. The lowest BCUT2D eigenvalue weighted by molar-refractivity contribution is -0.123. The van der Waals surface area contributed by atoms with Crippen LogP contribution in [0.2, 0.25) is 0 Å². The number of nitrogens with two attached hydrogens (primary N) is 2. The van der Waals surface area contributed by atoms with E-state index in [9.17, 15) is 4.79 Å². The van der Waals surface area contributed by atoms with Crippen molar-refractivity contribution in [2.75, 3.05) is 6.54 Å². The molecule has 2 fully saturated rings. The van der Waals surface area contributed by atoms with Gasteiger partial charge in [-0.25, -0.2) is 0 Å². The van der Waals surface area contributed by atoms with E-state index in [0.29, 0.717) is 36.6 Å². The highest BCUT2D eigenvalue weighted by Crippen LogP contribution is 2.74. The zero-order valence-corrected chi connectivity index (χ0v) is 9.57. The minimum Gasteiger partial charge on any atom is -0.388 e. The van der Waals surface area contributed by atoms with Gasteiger partial charge in [0.1, 0.15) is 0 Å². The van der Waals surface area contributed by atoms with E-state index in [1.165, 1.54) is 0 Å². The molecule has 0 bridgehead atoms. The van der Waals surface area contributed by atoms with E-state index >= 15 is 0 Å². The number of amides is 1. The summed E-state index contributed by atoms with van der Waals surface area (Å²) < 4.78 is 0. The highest BCUT2D eigenvalue weighted by molar-refractivity contribution is 5.83. The van der Waals surface area contributed by atoms with Crippen LogP contribution in [-0.2, 0) is 4.79 Å². The van der Waals surface area contributed by atoms with Crippen molar-refractivity contribution in [3.05, 3.63) is 0 Å². The van der Waals surface area contributed by atoms with E-state index < -0.39 is 0 Å². The van der Waals surface area contributed by atoms with Crippen LogP contribution in [-0.4, -0.2) is 24.3 Å². The first kappa shape index (κ1) is 11.4. The molecule has 6 N–H and O–H groups in total. The highest BCUT2D eigenvalue weighted by Gasteiger charge is 2.74. The number of hydrogen-bond acceptors (Lipinski definition) is 3. The number of carbonyl (C=O) groups is 1. The SMILES string of the molecule is CCCNC(=O)C(N)C1C2C(CC(=N)N)C12. The van der Waals surface area contributed by atoms with Gasteiger partial charge >= 0.3 is 0 Å². The van der Waals surface area contributed by atoms with Gasteiger partial charge in [-0.1, -0.05) is 6.92 Å². The first-order valence-corrected chi connectivity index (χ1v) is 5.94. The van der Waals surface area contributed by atoms with Crippen molar-refractivity contribution in [1.29, 1.82) is 5.41 Å². The Kier molecular flexibility index (Phi) is 2.88. The van der Waals surface area contributed by atoms with Crippen LogP contribution in [0, 0.1) is 29.1 Å². The van der Waals surface area contributed by atoms with Gasteiger partial charge in [-0.3, -0.25) is 10.2 Å². The van der Waals surface area contributed by atoms with Gasteiger partial charge in [0.2, 0.25) is 5.91 Å². The molecule has 2 aliphatic carbocycles. The molecule has 0 aromatic carbocycles. The molecule has 0 radical (unpaired) electrons. The topological polar surface area (TPSA) is 105 Å². The maximum Gasteiger partial charge on any atom is 0.237 e. The Morgan fingerprint density at radius 3 is 2.62 bits per heavy atom. The Balaban J connectivity index is 1.70. The Hall–Kier alpha value is -1.10. The Labute approximate surface area is 95.5 Å². The molecule has 5 nitrogen and oxygen atoms in total. The molecule has 0 aromatic rings. The van der Waals surface area contributed by atoms with E-state index in [1.807, 2.05) is 6.92 Å². The first-order chi connectivity index (χ1) is 7.57. The molecule has 5 heteroatoms. The molecule has 2 rings (SSSR count). The van der Waals surface area contributed by atoms with E-state index in [4.69, 9.17) is 16.9 Å². The normalized spacial score (nSPS) is 36.1. The third-order valence-electron chi connectivity index (χ3n) is 3.76. The third-order valence-corrected chi connectivity index (χ3v) is 3.76. The van der Waals surface area contributed by atoms with Gasteiger partial charge in [-0.05, 0) is 30.1 Å². The fourth-order valence-corrected chi connectivity index (χ4v) is 2.78. The van der Waals surface area contributed by atoms with Crippen molar-refractivity contribution in [2.45, 2.75) is 25.8 Å². The standard InChI is InChI=1S/C11H20N4O/c1-2-3-15-11(16)10(14)9-7-5(8(7)9)4-6(12)13/h5,7-10H,2-4,14H2,1H3,(H3,12,13)(H,15,16). The summed E-state index contributed by atoms with van der Waals surface area (Å²) in [5.74, 6) is 2.23. The predicted molar refractivity (Wildman–Crippen MR) is 61.8 cm³/mol. The summed E-state index contributed by atoms with van der Waals surface area (Å²) >= 11 is 0. The Morgan fingerprint density at radius 1 is 1.50 bits per heavy atom. The predicted octanol–water partition coefficient (Wildman–Crippen LogP) is -0.342. The monoisotopic (exact) mass is 224 g/mol. The summed E-state index contributed by atoms with van der Waals surface area (Å²) in [7, 11) is 0. The highest BCUT2D eigenvalue weighted by atomic mass is 16.2. The van der Waals surface area contributed by atoms with Crippen LogP contribution in [0.4, 0.5) is 0 Å². The average molecular weight is 224 g/mol. The van der Waals surface area contributed by atoms with Crippen LogP contribution in [0.1, 0.15) is 19.8 Å². The van der Waals surface area contributed by atoms with Crippen LogP contribution in [0.3, 0.4) is 0 Å². The molecule has 1 amide bonds. The smallest absolute Gasteiger partial charge is 0.237 e. The Bertz CT molecular complexity index is 307. The van der Waals surface area contributed by atoms with Crippen molar-refractivity contribution in [3.63, 3.8) is 0 Å². The van der Waals surface area contributed by atoms with Gasteiger partial charge < -0.3 is 16.8 Å². The molecule has 0 spiro atoms. The van der Waals surface area contributed by atoms with Gasteiger partial charge in [-0.2, -0.15) is 0 Å². The van der Waals surface area contributed by atoms with Gasteiger partial charge in [0.05, 0.1) is 11.9 Å². The molecular formula is C11H20N4O. The number of amidine groups is 1. The molecule has 0 heterocycles. The fraction of sp³-hybridized carbons (Fsp3) is 0.818. The summed E-state index contributed by atoms with van der Waals surface area (Å²) in [6.45, 7) is 2.72. The number of fused-ring (bicyclic) bond motifs is 1. The van der Waals surface area contributed by atoms with Gasteiger partial charge in [0.15, 0.2) is 0 Å². The maximum atomic E-state index is 11.6. The fourth-order valence-electron chi connectivity index (χ4n) is 2.78. The number of nitrogens with one attached hydrogen (secondary N) is 2. The molecule has 16 heavy (non-hydrogen) atoms. The lowest BCUT2D eigenvalue weighted by Gasteiger charge is -2.17. The molecular weight excluding hydrogens is 204 g/mol. The summed E-state index contributed by atoms with van der Waals surface area (Å²) in [4.78, 5) is 11.6. The number of rotatable bonds is 6. The second-order valence-electron chi connectivity index (χ2n) is 4.94. The molecule has 3 unspecified atom stereocenters. The van der Waals surface area contributed by atoms with E-state index in [1.54, 1.807) is 0 Å². The second kappa shape index (κ2) is 4.05. The molecule has 2 saturated carbocycles. The quantitative estimate of drug-likeness (QED) is 0.366. The molecule has 0 saturated heterocycles. The summed E-state index contributed by atoms with van der Waals surface area (Å²) in [6.07, 6.45) is 1.61. The molecule has 90 valence electrons. The minimum atomic E-state index is -0.357. The maximum absolute atomic E-state index is 11.6. The van der Waals surface area contributed by atoms with Crippen LogP contribution < -0.4 is 16.8 Å². The Morgan fingerprint density at radius 2 is 2.12 bits per heavy atom. The first-order valence-electron chi connectivity index (χ1n) is 5.94. The van der Waals surface area contributed by atoms with E-state index in [2.05, 4.69) is 5.32 Å². The van der Waals surface area contributed by atoms with E-state index in [0.717, 1.165) is 6.42 Å². The molecule has 3 atom stereocenters. The van der Waals surface area contributed by atoms with E-state index in [-0.39, 0.29) is 17.8 Å². The van der Waals surface area contributed by atoms with Crippen molar-refractivity contribution in [1.82, 2.24) is 5.32 Å². The van der Waals surface area contributed by atoms with Crippen LogP contribution in [0.25, 0.3) is 0 Å². The lowest BCUT2D eigenvalue weighted by atomic mass is 9.95. The van der Waals surface area contributed by atoms with Crippen LogP contribution in [0.5, 0.6) is 0 Å². The van der Waals surface area contributed by atoms with Crippen molar-refractivity contribution in [2.24, 2.45) is 35.1 Å². The van der Waals surface area contributed by atoms with Crippen LogP contribution >= 0.6 is 0 Å². The summed E-state index contributed by atoms with van der Waals surface area (Å²) in [6, 6.07) is -0.357. The largest absolute Gasteiger partial charge is 0.388 e. The number of hydrogen-bond donors (Lipinski definition) is 4. The van der Waals surface area contributed by atoms with Crippen molar-refractivity contribution in [3.8, 4) is 0 Å². The van der Waals surface area contributed by atoms with Gasteiger partial charge in [0, 0.05) is 13.0 Å². The molecule has 2 aliphatic rings. The minimum absolute atomic E-state index is 0.0272. The second-order valence-corrected chi connectivity index (χ2v) is 4.94. The van der Waals surface area contributed by atoms with Gasteiger partial charge in [-0.15, -0.1) is 0 Å². The zero-order valence-electron chi connectivity index (χ0n) is 9.57. The third kappa shape index (κ3) is 1.91. The van der Waals surface area contributed by atoms with Crippen molar-refractivity contribution < 1.29 is 4.79 Å². The average Bonchev–Trinajstić information content (AvgIpc) is 3.10.